The summed E-state index contributed by atoms with van der Waals surface area (Å²) in [7, 11) is -3.55. The number of hydrogen-bond acceptors (Lipinski definition) is 4. The van der Waals surface area contributed by atoms with E-state index in [0.29, 0.717) is 30.1 Å². The lowest BCUT2D eigenvalue weighted by Gasteiger charge is -2.32. The summed E-state index contributed by atoms with van der Waals surface area (Å²) in [4.78, 5) is 28.2. The number of carbonyl (C=O) groups excluding carboxylic acids is 2. The van der Waals surface area contributed by atoms with Crippen LogP contribution >= 0.6 is 11.6 Å². The topological polar surface area (TPSA) is 86.8 Å². The third-order valence-electron chi connectivity index (χ3n) is 6.09. The fourth-order valence-electron chi connectivity index (χ4n) is 3.98. The molecule has 7 nitrogen and oxygen atoms in total. The highest BCUT2D eigenvalue weighted by Gasteiger charge is 2.29. The van der Waals surface area contributed by atoms with Gasteiger partial charge in [-0.3, -0.25) is 13.9 Å². The number of benzene rings is 2. The van der Waals surface area contributed by atoms with Gasteiger partial charge in [-0.2, -0.15) is 0 Å². The molecule has 36 heavy (non-hydrogen) atoms. The number of aryl methyl sites for hydroxylation is 1. The SMILES string of the molecule is CC[C@H](C(=O)N[C@@H](C)CC)N(Cc1cccc(C)c1)C(=O)CCCN(c1ccc(Cl)cc1)S(C)(=O)=O. The van der Waals surface area contributed by atoms with Crippen LogP contribution in [0.3, 0.4) is 0 Å². The van der Waals surface area contributed by atoms with Gasteiger partial charge in [0.25, 0.3) is 0 Å². The summed E-state index contributed by atoms with van der Waals surface area (Å²) in [6.07, 6.45) is 2.82. The highest BCUT2D eigenvalue weighted by molar-refractivity contribution is 7.92. The van der Waals surface area contributed by atoms with Crippen LogP contribution in [0.5, 0.6) is 0 Å². The molecular formula is C27H38ClN3O4S. The molecule has 0 heterocycles. The maximum absolute atomic E-state index is 13.5. The summed E-state index contributed by atoms with van der Waals surface area (Å²) in [6.45, 7) is 8.26. The highest BCUT2D eigenvalue weighted by Crippen LogP contribution is 2.22. The summed E-state index contributed by atoms with van der Waals surface area (Å²) >= 11 is 5.95. The Morgan fingerprint density at radius 2 is 1.72 bits per heavy atom. The Bertz CT molecular complexity index is 1120. The third kappa shape index (κ3) is 8.82. The molecule has 2 aromatic rings. The first kappa shape index (κ1) is 29.6. The van der Waals surface area contributed by atoms with Crippen LogP contribution in [0.15, 0.2) is 48.5 Å². The maximum atomic E-state index is 13.5. The van der Waals surface area contributed by atoms with Crippen LogP contribution in [0.4, 0.5) is 5.69 Å². The average Bonchev–Trinajstić information content (AvgIpc) is 2.81. The van der Waals surface area contributed by atoms with E-state index in [1.807, 2.05) is 52.0 Å². The summed E-state index contributed by atoms with van der Waals surface area (Å²) < 4.78 is 26.1. The summed E-state index contributed by atoms with van der Waals surface area (Å²) in [6, 6.07) is 13.8. The Hall–Kier alpha value is -2.58. The molecule has 2 rings (SSSR count). The van der Waals surface area contributed by atoms with Gasteiger partial charge in [0.05, 0.1) is 11.9 Å². The van der Waals surface area contributed by atoms with Gasteiger partial charge in [0, 0.05) is 30.6 Å². The van der Waals surface area contributed by atoms with Crippen molar-refractivity contribution in [2.24, 2.45) is 0 Å². The summed E-state index contributed by atoms with van der Waals surface area (Å²) in [5.41, 5.74) is 2.51. The van der Waals surface area contributed by atoms with Gasteiger partial charge < -0.3 is 10.2 Å². The van der Waals surface area contributed by atoms with E-state index in [9.17, 15) is 18.0 Å². The van der Waals surface area contributed by atoms with Crippen molar-refractivity contribution < 1.29 is 18.0 Å². The number of carbonyl (C=O) groups is 2. The quantitative estimate of drug-likeness (QED) is 0.394. The number of anilines is 1. The molecule has 1 N–H and O–H groups in total. The highest BCUT2D eigenvalue weighted by atomic mass is 35.5. The molecule has 0 unspecified atom stereocenters. The molecule has 9 heteroatoms. The van der Waals surface area contributed by atoms with E-state index in [2.05, 4.69) is 5.32 Å². The van der Waals surface area contributed by atoms with E-state index in [1.165, 1.54) is 4.31 Å². The van der Waals surface area contributed by atoms with Crippen LogP contribution in [0.2, 0.25) is 5.02 Å². The minimum absolute atomic E-state index is 0.00478. The zero-order valence-corrected chi connectivity index (χ0v) is 23.4. The second kappa shape index (κ2) is 13.7. The van der Waals surface area contributed by atoms with Crippen molar-refractivity contribution in [3.8, 4) is 0 Å². The van der Waals surface area contributed by atoms with Crippen molar-refractivity contribution in [1.82, 2.24) is 10.2 Å². The molecule has 0 aromatic heterocycles. The monoisotopic (exact) mass is 535 g/mol. The first-order valence-electron chi connectivity index (χ1n) is 12.3. The zero-order chi connectivity index (χ0) is 26.9. The van der Waals surface area contributed by atoms with Gasteiger partial charge in [0.1, 0.15) is 6.04 Å². The first-order chi connectivity index (χ1) is 17.0. The predicted octanol–water partition coefficient (Wildman–Crippen LogP) is 4.92. The Labute approximate surface area is 220 Å². The van der Waals surface area contributed by atoms with Crippen molar-refractivity contribution in [3.05, 3.63) is 64.7 Å². The van der Waals surface area contributed by atoms with Crippen molar-refractivity contribution in [2.75, 3.05) is 17.1 Å². The van der Waals surface area contributed by atoms with Gasteiger partial charge in [0.15, 0.2) is 0 Å². The minimum Gasteiger partial charge on any atom is -0.352 e. The van der Waals surface area contributed by atoms with E-state index in [4.69, 9.17) is 11.6 Å². The van der Waals surface area contributed by atoms with Crippen LogP contribution in [0, 0.1) is 6.92 Å². The van der Waals surface area contributed by atoms with E-state index in [-0.39, 0.29) is 30.8 Å². The number of nitrogens with one attached hydrogen (secondary N) is 1. The van der Waals surface area contributed by atoms with Gasteiger partial charge in [-0.1, -0.05) is 55.3 Å². The van der Waals surface area contributed by atoms with Crippen LogP contribution < -0.4 is 9.62 Å². The lowest BCUT2D eigenvalue weighted by atomic mass is 10.1. The van der Waals surface area contributed by atoms with Crippen molar-refractivity contribution in [3.63, 3.8) is 0 Å². The number of rotatable bonds is 13. The van der Waals surface area contributed by atoms with Gasteiger partial charge in [-0.15, -0.1) is 0 Å². The molecule has 0 spiro atoms. The van der Waals surface area contributed by atoms with E-state index >= 15 is 0 Å². The smallest absolute Gasteiger partial charge is 0.243 e. The Morgan fingerprint density at radius 3 is 2.28 bits per heavy atom. The normalized spacial score (nSPS) is 13.1. The largest absolute Gasteiger partial charge is 0.352 e. The Morgan fingerprint density at radius 1 is 1.06 bits per heavy atom. The van der Waals surface area contributed by atoms with Gasteiger partial charge >= 0.3 is 0 Å². The second-order valence-electron chi connectivity index (χ2n) is 9.17. The molecule has 0 saturated carbocycles. The predicted molar refractivity (Wildman–Crippen MR) is 147 cm³/mol. The van der Waals surface area contributed by atoms with Crippen LogP contribution in [-0.2, 0) is 26.2 Å². The average molecular weight is 536 g/mol. The Balaban J connectivity index is 2.22. The lowest BCUT2D eigenvalue weighted by Crippen LogP contribution is -2.50. The molecule has 0 aliphatic rings. The lowest BCUT2D eigenvalue weighted by molar-refractivity contribution is -0.141. The molecule has 0 fully saturated rings. The van der Waals surface area contributed by atoms with Crippen LogP contribution in [0.25, 0.3) is 0 Å². The maximum Gasteiger partial charge on any atom is 0.243 e. The van der Waals surface area contributed by atoms with E-state index in [1.54, 1.807) is 29.2 Å². The molecule has 2 atom stereocenters. The van der Waals surface area contributed by atoms with Crippen molar-refractivity contribution >= 4 is 39.1 Å². The molecule has 0 saturated heterocycles. The number of nitrogens with zero attached hydrogens (tertiary/aromatic N) is 2. The second-order valence-corrected chi connectivity index (χ2v) is 11.5. The molecule has 2 aromatic carbocycles. The van der Waals surface area contributed by atoms with E-state index in [0.717, 1.165) is 23.8 Å². The first-order valence-corrected chi connectivity index (χ1v) is 14.6. The van der Waals surface area contributed by atoms with Gasteiger partial charge in [0.2, 0.25) is 21.8 Å². The number of halogens is 1. The Kier molecular flexibility index (Phi) is 11.2. The summed E-state index contributed by atoms with van der Waals surface area (Å²) in [5.74, 6) is -0.362. The molecule has 0 aliphatic heterocycles. The van der Waals surface area contributed by atoms with Crippen LogP contribution in [0.1, 0.15) is 57.6 Å². The zero-order valence-electron chi connectivity index (χ0n) is 21.8. The molecular weight excluding hydrogens is 498 g/mol. The number of sulfonamides is 1. The van der Waals surface area contributed by atoms with Gasteiger partial charge in [-0.25, -0.2) is 8.42 Å². The molecule has 0 radical (unpaired) electrons. The molecule has 2 amide bonds. The fourth-order valence-corrected chi connectivity index (χ4v) is 5.07. The molecule has 0 aliphatic carbocycles. The van der Waals surface area contributed by atoms with E-state index < -0.39 is 16.1 Å². The van der Waals surface area contributed by atoms with Crippen molar-refractivity contribution in [2.45, 2.75) is 72.0 Å². The number of hydrogen-bond donors (Lipinski definition) is 1. The molecule has 0 bridgehead atoms. The van der Waals surface area contributed by atoms with Gasteiger partial charge in [-0.05, 0) is 62.9 Å². The minimum atomic E-state index is -3.55. The van der Waals surface area contributed by atoms with Crippen LogP contribution in [-0.4, -0.2) is 50.0 Å². The molecule has 198 valence electrons. The van der Waals surface area contributed by atoms with Crippen molar-refractivity contribution in [1.29, 1.82) is 0 Å². The number of amides is 2. The summed E-state index contributed by atoms with van der Waals surface area (Å²) in [5, 5.41) is 3.51. The third-order valence-corrected chi connectivity index (χ3v) is 7.54. The fraction of sp³-hybridized carbons (Fsp3) is 0.481. The standard InChI is InChI=1S/C27H38ClN3O4S/c1-6-21(4)29-27(33)25(7-2)30(19-22-11-8-10-20(3)18-22)26(32)12-9-17-31(36(5,34)35)24-15-13-23(28)14-16-24/h8,10-11,13-16,18,21,25H,6-7,9,12,17,19H2,1-5H3,(H,29,33)/t21-,25+/m0/s1.